The number of carbonyl (C=O) groups is 2. The van der Waals surface area contributed by atoms with Crippen LogP contribution in [-0.4, -0.2) is 46.7 Å². The van der Waals surface area contributed by atoms with E-state index in [0.29, 0.717) is 36.4 Å². The zero-order chi connectivity index (χ0) is 24.5. The first-order chi connectivity index (χ1) is 16.2. The molecular formula is C25H26N4O5. The van der Waals surface area contributed by atoms with Crippen molar-refractivity contribution < 1.29 is 19.2 Å². The van der Waals surface area contributed by atoms with Gasteiger partial charge in [0.2, 0.25) is 0 Å². The highest BCUT2D eigenvalue weighted by Crippen LogP contribution is 2.41. The maximum absolute atomic E-state index is 13.2. The summed E-state index contributed by atoms with van der Waals surface area (Å²) in [6.07, 6.45) is 0.901. The van der Waals surface area contributed by atoms with E-state index < -0.39 is 10.8 Å². The fraction of sp³-hybridized carbons (Fsp3) is 0.320. The lowest BCUT2D eigenvalue weighted by atomic mass is 9.75. The van der Waals surface area contributed by atoms with Crippen LogP contribution in [-0.2, 0) is 11.2 Å². The normalized spacial score (nSPS) is 14.5. The molecule has 3 aromatic rings. The van der Waals surface area contributed by atoms with E-state index in [1.165, 1.54) is 30.0 Å². The smallest absolute Gasteiger partial charge is 0.295 e. The number of hydrogen-bond acceptors (Lipinski definition) is 6. The number of rotatable bonds is 7. The van der Waals surface area contributed by atoms with Crippen LogP contribution in [0.1, 0.15) is 46.7 Å². The highest BCUT2D eigenvalue weighted by molar-refractivity contribution is 6.04. The number of ether oxygens (including phenoxy) is 1. The number of carbonyl (C=O) groups excluding carboxylic acids is 2. The lowest BCUT2D eigenvalue weighted by molar-refractivity contribution is -0.384. The molecule has 1 aliphatic rings. The Morgan fingerprint density at radius 2 is 1.94 bits per heavy atom. The molecule has 34 heavy (non-hydrogen) atoms. The Hall–Kier alpha value is -3.85. The Morgan fingerprint density at radius 3 is 2.62 bits per heavy atom. The van der Waals surface area contributed by atoms with Gasteiger partial charge in [0.25, 0.3) is 11.6 Å². The molecule has 0 atom stereocenters. The molecule has 0 saturated heterocycles. The molecule has 0 unspecified atom stereocenters. The molecule has 176 valence electrons. The molecule has 0 spiro atoms. The van der Waals surface area contributed by atoms with Crippen molar-refractivity contribution in [2.24, 2.45) is 5.41 Å². The first-order valence-corrected chi connectivity index (χ1v) is 11.0. The quantitative estimate of drug-likeness (QED) is 0.323. The van der Waals surface area contributed by atoms with Crippen LogP contribution in [0.3, 0.4) is 0 Å². The summed E-state index contributed by atoms with van der Waals surface area (Å²) < 4.78 is 6.42. The second kappa shape index (κ2) is 9.18. The van der Waals surface area contributed by atoms with Crippen molar-refractivity contribution in [3.8, 4) is 16.9 Å². The van der Waals surface area contributed by atoms with Gasteiger partial charge in [0.1, 0.15) is 11.4 Å². The molecule has 4 rings (SSSR count). The summed E-state index contributed by atoms with van der Waals surface area (Å²) in [6.45, 7) is 4.61. The number of Topliss-reactive ketones (excluding diaryl/α,β-unsaturated/α-hetero) is 1. The Labute approximate surface area is 196 Å². The average molecular weight is 463 g/mol. The second-order valence-electron chi connectivity index (χ2n) is 9.10. The van der Waals surface area contributed by atoms with Gasteiger partial charge in [-0.3, -0.25) is 19.7 Å². The first-order valence-electron chi connectivity index (χ1n) is 11.0. The number of amides is 1. The molecule has 0 fully saturated rings. The maximum atomic E-state index is 13.2. The summed E-state index contributed by atoms with van der Waals surface area (Å²) in [7, 11) is 1.52. The van der Waals surface area contributed by atoms with Crippen LogP contribution >= 0.6 is 0 Å². The second-order valence-corrected chi connectivity index (χ2v) is 9.10. The van der Waals surface area contributed by atoms with Crippen molar-refractivity contribution in [3.63, 3.8) is 0 Å². The Morgan fingerprint density at radius 1 is 1.21 bits per heavy atom. The van der Waals surface area contributed by atoms with Crippen LogP contribution < -0.4 is 5.32 Å². The topological polar surface area (TPSA) is 116 Å². The summed E-state index contributed by atoms with van der Waals surface area (Å²) >= 11 is 0. The molecule has 0 aliphatic heterocycles. The predicted octanol–water partition coefficient (Wildman–Crippen LogP) is 3.98. The van der Waals surface area contributed by atoms with Crippen molar-refractivity contribution in [1.82, 2.24) is 15.1 Å². The number of nitrogens with zero attached hydrogens (tertiary/aromatic N) is 3. The Kier molecular flexibility index (Phi) is 6.30. The minimum atomic E-state index is -0.534. The maximum Gasteiger partial charge on any atom is 0.295 e. The fourth-order valence-corrected chi connectivity index (χ4v) is 4.30. The molecule has 0 saturated carbocycles. The van der Waals surface area contributed by atoms with Crippen LogP contribution in [0.25, 0.3) is 16.9 Å². The number of fused-ring (bicyclic) bond motifs is 1. The van der Waals surface area contributed by atoms with Gasteiger partial charge in [-0.1, -0.05) is 44.2 Å². The summed E-state index contributed by atoms with van der Waals surface area (Å²) in [5.74, 6) is -0.469. The summed E-state index contributed by atoms with van der Waals surface area (Å²) in [5, 5.41) is 19.4. The minimum Gasteiger partial charge on any atom is -0.383 e. The lowest BCUT2D eigenvalue weighted by Gasteiger charge is -2.29. The van der Waals surface area contributed by atoms with Crippen molar-refractivity contribution in [3.05, 3.63) is 75.5 Å². The fourth-order valence-electron chi connectivity index (χ4n) is 4.30. The molecule has 1 heterocycles. The monoisotopic (exact) mass is 462 g/mol. The SMILES string of the molecule is COCCNC(=O)c1ccc(-n2nc(-c3ccccc3)c3c2CC(C)(C)CC3=O)c([N+](=O)[O-])c1. The van der Waals surface area contributed by atoms with Crippen molar-refractivity contribution in [2.75, 3.05) is 20.3 Å². The number of nitro groups is 1. The third-order valence-corrected chi connectivity index (χ3v) is 5.85. The van der Waals surface area contributed by atoms with Gasteiger partial charge in [-0.2, -0.15) is 5.10 Å². The highest BCUT2D eigenvalue weighted by Gasteiger charge is 2.38. The predicted molar refractivity (Wildman–Crippen MR) is 126 cm³/mol. The van der Waals surface area contributed by atoms with E-state index in [1.54, 1.807) is 0 Å². The van der Waals surface area contributed by atoms with E-state index in [1.807, 2.05) is 44.2 Å². The van der Waals surface area contributed by atoms with E-state index >= 15 is 0 Å². The molecular weight excluding hydrogens is 436 g/mol. The molecule has 1 aromatic heterocycles. The number of nitrogens with one attached hydrogen (secondary N) is 1. The largest absolute Gasteiger partial charge is 0.383 e. The lowest BCUT2D eigenvalue weighted by Crippen LogP contribution is -2.28. The third kappa shape index (κ3) is 4.47. The van der Waals surface area contributed by atoms with Crippen LogP contribution in [0.15, 0.2) is 48.5 Å². The molecule has 1 amide bonds. The standard InChI is InChI=1S/C25H26N4O5/c1-25(2)14-20-22(21(30)15-25)23(16-7-5-4-6-8-16)27-28(20)18-10-9-17(13-19(18)29(32)33)24(31)26-11-12-34-3/h4-10,13H,11-12,14-15H2,1-3H3,(H,26,31). The van der Waals surface area contributed by atoms with Crippen molar-refractivity contribution >= 4 is 17.4 Å². The molecule has 9 nitrogen and oxygen atoms in total. The highest BCUT2D eigenvalue weighted by atomic mass is 16.6. The number of methoxy groups -OCH3 is 1. The van der Waals surface area contributed by atoms with Gasteiger partial charge in [0, 0.05) is 37.3 Å². The van der Waals surface area contributed by atoms with Gasteiger partial charge in [0.05, 0.1) is 22.8 Å². The zero-order valence-electron chi connectivity index (χ0n) is 19.3. The van der Waals surface area contributed by atoms with Crippen LogP contribution in [0, 0.1) is 15.5 Å². The van der Waals surface area contributed by atoms with E-state index in [2.05, 4.69) is 5.32 Å². The van der Waals surface area contributed by atoms with E-state index in [-0.39, 0.29) is 34.7 Å². The minimum absolute atomic E-state index is 0.0341. The molecule has 9 heteroatoms. The summed E-state index contributed by atoms with van der Waals surface area (Å²) in [5.41, 5.74) is 2.21. The number of ketones is 1. The van der Waals surface area contributed by atoms with E-state index in [4.69, 9.17) is 9.84 Å². The third-order valence-electron chi connectivity index (χ3n) is 5.85. The molecule has 0 bridgehead atoms. The average Bonchev–Trinajstić information content (AvgIpc) is 3.17. The molecule has 1 N–H and O–H groups in total. The summed E-state index contributed by atoms with van der Waals surface area (Å²) in [6, 6.07) is 13.6. The van der Waals surface area contributed by atoms with Gasteiger partial charge in [-0.05, 0) is 24.0 Å². The first kappa shape index (κ1) is 23.3. The van der Waals surface area contributed by atoms with Crippen LogP contribution in [0.4, 0.5) is 5.69 Å². The summed E-state index contributed by atoms with van der Waals surface area (Å²) in [4.78, 5) is 37.1. The number of aromatic nitrogens is 2. The van der Waals surface area contributed by atoms with E-state index in [0.717, 1.165) is 5.56 Å². The molecule has 1 aliphatic carbocycles. The van der Waals surface area contributed by atoms with Gasteiger partial charge >= 0.3 is 0 Å². The van der Waals surface area contributed by atoms with Crippen molar-refractivity contribution in [1.29, 1.82) is 0 Å². The number of benzene rings is 2. The van der Waals surface area contributed by atoms with Crippen molar-refractivity contribution in [2.45, 2.75) is 26.7 Å². The molecule has 2 aromatic carbocycles. The van der Waals surface area contributed by atoms with Crippen LogP contribution in [0.2, 0.25) is 0 Å². The van der Waals surface area contributed by atoms with Gasteiger partial charge in [-0.15, -0.1) is 0 Å². The Balaban J connectivity index is 1.87. The van der Waals surface area contributed by atoms with Gasteiger partial charge in [0.15, 0.2) is 5.78 Å². The Bertz CT molecular complexity index is 1260. The number of hydrogen-bond donors (Lipinski definition) is 1. The van der Waals surface area contributed by atoms with Gasteiger partial charge in [-0.25, -0.2) is 4.68 Å². The molecule has 0 radical (unpaired) electrons. The number of nitro benzene ring substituents is 1. The van der Waals surface area contributed by atoms with Gasteiger partial charge < -0.3 is 10.1 Å². The zero-order valence-corrected chi connectivity index (χ0v) is 19.3. The van der Waals surface area contributed by atoms with Crippen LogP contribution in [0.5, 0.6) is 0 Å². The van der Waals surface area contributed by atoms with E-state index in [9.17, 15) is 19.7 Å².